The zero-order valence-corrected chi connectivity index (χ0v) is 17.2. The molecule has 0 aliphatic carbocycles. The molecule has 1 aromatic carbocycles. The van der Waals surface area contributed by atoms with Gasteiger partial charge >= 0.3 is 0 Å². The summed E-state index contributed by atoms with van der Waals surface area (Å²) in [5, 5.41) is 17.6. The number of rotatable bonds is 7. The van der Waals surface area contributed by atoms with Crippen molar-refractivity contribution in [1.29, 1.82) is 0 Å². The molecule has 0 spiro atoms. The van der Waals surface area contributed by atoms with E-state index in [0.717, 1.165) is 21.3 Å². The van der Waals surface area contributed by atoms with Gasteiger partial charge in [-0.2, -0.15) is 0 Å². The fourth-order valence-electron chi connectivity index (χ4n) is 3.11. The number of nitrogens with one attached hydrogen (secondary N) is 2. The van der Waals surface area contributed by atoms with E-state index in [4.69, 9.17) is 0 Å². The number of hydrogen-bond acceptors (Lipinski definition) is 7. The molecule has 1 unspecified atom stereocenters. The first-order valence-electron chi connectivity index (χ1n) is 9.58. The Hall–Kier alpha value is -3.52. The van der Waals surface area contributed by atoms with E-state index in [1.807, 2.05) is 36.6 Å². The molecule has 3 heterocycles. The number of aromatic nitrogens is 3. The molecule has 0 aliphatic heterocycles. The largest absolute Gasteiger partial charge is 0.508 e. The average molecular weight is 420 g/mol. The third-order valence-electron chi connectivity index (χ3n) is 4.66. The maximum Gasteiger partial charge on any atom is 0.271 e. The Morgan fingerprint density at radius 2 is 2.10 bits per heavy atom. The summed E-state index contributed by atoms with van der Waals surface area (Å²) in [5.74, 6) is 0.367. The van der Waals surface area contributed by atoms with Gasteiger partial charge < -0.3 is 15.7 Å². The van der Waals surface area contributed by atoms with Crippen molar-refractivity contribution < 1.29 is 9.90 Å². The number of nitrogens with zero attached hydrogens (tertiary/aromatic N) is 3. The van der Waals surface area contributed by atoms with Crippen molar-refractivity contribution in [3.8, 4) is 5.75 Å². The predicted octanol–water partition coefficient (Wildman–Crippen LogP) is 3.94. The molecular formula is C22H21N5O2S. The fourth-order valence-corrected chi connectivity index (χ4v) is 3.92. The lowest BCUT2D eigenvalue weighted by Gasteiger charge is -2.14. The summed E-state index contributed by atoms with van der Waals surface area (Å²) in [6, 6.07) is 12.7. The highest BCUT2D eigenvalue weighted by molar-refractivity contribution is 7.17. The molecule has 0 aliphatic rings. The molecule has 3 N–H and O–H groups in total. The summed E-state index contributed by atoms with van der Waals surface area (Å²) in [7, 11) is 0. The van der Waals surface area contributed by atoms with E-state index in [9.17, 15) is 9.90 Å². The monoisotopic (exact) mass is 419 g/mol. The number of phenolic OH excluding ortho intramolecular Hbond substituents is 1. The smallest absolute Gasteiger partial charge is 0.271 e. The number of fused-ring (bicyclic) bond motifs is 1. The van der Waals surface area contributed by atoms with Crippen LogP contribution in [-0.2, 0) is 6.42 Å². The normalized spacial score (nSPS) is 11.9. The van der Waals surface area contributed by atoms with E-state index in [2.05, 4.69) is 25.6 Å². The molecule has 0 fully saturated rings. The highest BCUT2D eigenvalue weighted by Crippen LogP contribution is 2.25. The zero-order valence-electron chi connectivity index (χ0n) is 16.4. The van der Waals surface area contributed by atoms with Crippen LogP contribution in [0.5, 0.6) is 5.75 Å². The Bertz CT molecular complexity index is 1160. The molecule has 0 bridgehead atoms. The Morgan fingerprint density at radius 1 is 1.20 bits per heavy atom. The van der Waals surface area contributed by atoms with Gasteiger partial charge in [0, 0.05) is 18.9 Å². The number of phenols is 1. The fraction of sp³-hybridized carbons (Fsp3) is 0.182. The number of pyridine rings is 1. The first-order valence-corrected chi connectivity index (χ1v) is 10.5. The summed E-state index contributed by atoms with van der Waals surface area (Å²) in [6.45, 7) is 2.43. The summed E-state index contributed by atoms with van der Waals surface area (Å²) in [4.78, 5) is 26.0. The van der Waals surface area contributed by atoms with Crippen LogP contribution in [0.2, 0.25) is 0 Å². The lowest BCUT2D eigenvalue weighted by molar-refractivity contribution is 0.0951. The number of carbonyl (C=O) groups is 1. The van der Waals surface area contributed by atoms with Gasteiger partial charge in [-0.3, -0.25) is 9.78 Å². The van der Waals surface area contributed by atoms with Gasteiger partial charge in [0.15, 0.2) is 5.69 Å². The van der Waals surface area contributed by atoms with E-state index in [0.29, 0.717) is 24.6 Å². The first-order chi connectivity index (χ1) is 14.6. The molecule has 1 amide bonds. The van der Waals surface area contributed by atoms with E-state index in [1.54, 1.807) is 30.6 Å². The van der Waals surface area contributed by atoms with Crippen molar-refractivity contribution in [2.45, 2.75) is 19.4 Å². The number of anilines is 1. The molecule has 152 valence electrons. The summed E-state index contributed by atoms with van der Waals surface area (Å²) < 4.78 is 0.754. The van der Waals surface area contributed by atoms with Crippen molar-refractivity contribution in [3.63, 3.8) is 0 Å². The molecule has 30 heavy (non-hydrogen) atoms. The Labute approximate surface area is 177 Å². The van der Waals surface area contributed by atoms with Gasteiger partial charge in [-0.15, -0.1) is 11.3 Å². The van der Waals surface area contributed by atoms with Crippen molar-refractivity contribution in [1.82, 2.24) is 20.3 Å². The van der Waals surface area contributed by atoms with Gasteiger partial charge in [-0.25, -0.2) is 9.97 Å². The number of hydrogen-bond donors (Lipinski definition) is 3. The lowest BCUT2D eigenvalue weighted by Crippen LogP contribution is -2.27. The predicted molar refractivity (Wildman–Crippen MR) is 118 cm³/mol. The second-order valence-corrected chi connectivity index (χ2v) is 7.78. The molecule has 4 aromatic rings. The minimum Gasteiger partial charge on any atom is -0.508 e. The molecule has 0 saturated heterocycles. The summed E-state index contributed by atoms with van der Waals surface area (Å²) in [5.41, 5.74) is 3.04. The van der Waals surface area contributed by atoms with Gasteiger partial charge in [0.2, 0.25) is 5.95 Å². The number of aromatic hydroxyl groups is 1. The standard InChI is InChI=1S/C22H21N5O2S/c1-14(16-5-3-9-23-13-16)25-22-26-18-8-11-30-20(18)19(27-22)21(29)24-10-7-15-4-2-6-17(28)12-15/h2-6,8-9,11-14,28H,7,10H2,1H3,(H,24,29)(H,25,26,27). The number of thiophene rings is 1. The van der Waals surface area contributed by atoms with Gasteiger partial charge in [0.25, 0.3) is 5.91 Å². The highest BCUT2D eigenvalue weighted by Gasteiger charge is 2.17. The third-order valence-corrected chi connectivity index (χ3v) is 5.57. The van der Waals surface area contributed by atoms with Crippen LogP contribution in [0.3, 0.4) is 0 Å². The molecule has 3 aromatic heterocycles. The van der Waals surface area contributed by atoms with Crippen LogP contribution in [-0.4, -0.2) is 32.5 Å². The van der Waals surface area contributed by atoms with Crippen LogP contribution >= 0.6 is 11.3 Å². The van der Waals surface area contributed by atoms with Crippen molar-refractivity contribution in [3.05, 3.63) is 77.1 Å². The number of amides is 1. The SMILES string of the molecule is CC(Nc1nc(C(=O)NCCc2cccc(O)c2)c2sccc2n1)c1cccnc1. The van der Waals surface area contributed by atoms with Crippen molar-refractivity contribution >= 4 is 33.4 Å². The van der Waals surface area contributed by atoms with Crippen LogP contribution in [0, 0.1) is 0 Å². The quantitative estimate of drug-likeness (QED) is 0.420. The van der Waals surface area contributed by atoms with E-state index in [-0.39, 0.29) is 17.7 Å². The summed E-state index contributed by atoms with van der Waals surface area (Å²) in [6.07, 6.45) is 4.13. The second-order valence-electron chi connectivity index (χ2n) is 6.86. The van der Waals surface area contributed by atoms with E-state index in [1.165, 1.54) is 11.3 Å². The average Bonchev–Trinajstić information content (AvgIpc) is 3.22. The minimum absolute atomic E-state index is 0.0588. The third kappa shape index (κ3) is 4.55. The molecule has 8 heteroatoms. The molecule has 0 radical (unpaired) electrons. The van der Waals surface area contributed by atoms with Crippen LogP contribution in [0.1, 0.15) is 34.6 Å². The van der Waals surface area contributed by atoms with Crippen LogP contribution in [0.15, 0.2) is 60.2 Å². The summed E-state index contributed by atoms with van der Waals surface area (Å²) >= 11 is 1.44. The van der Waals surface area contributed by atoms with E-state index < -0.39 is 0 Å². The van der Waals surface area contributed by atoms with Crippen LogP contribution in [0.4, 0.5) is 5.95 Å². The molecule has 4 rings (SSSR count). The minimum atomic E-state index is -0.248. The maximum atomic E-state index is 12.8. The number of carbonyl (C=O) groups excluding carboxylic acids is 1. The topological polar surface area (TPSA) is 100 Å². The molecular weight excluding hydrogens is 398 g/mol. The van der Waals surface area contributed by atoms with Crippen LogP contribution < -0.4 is 10.6 Å². The molecule has 0 saturated carbocycles. The Balaban J connectivity index is 1.49. The van der Waals surface area contributed by atoms with E-state index >= 15 is 0 Å². The van der Waals surface area contributed by atoms with Crippen LogP contribution in [0.25, 0.3) is 10.2 Å². The molecule has 1 atom stereocenters. The van der Waals surface area contributed by atoms with Gasteiger partial charge in [-0.05, 0) is 54.1 Å². The molecule has 7 nitrogen and oxygen atoms in total. The Kier molecular flexibility index (Phi) is 5.85. The second kappa shape index (κ2) is 8.87. The first kappa shape index (κ1) is 19.8. The van der Waals surface area contributed by atoms with Gasteiger partial charge in [0.05, 0.1) is 16.3 Å². The van der Waals surface area contributed by atoms with Crippen molar-refractivity contribution in [2.24, 2.45) is 0 Å². The zero-order chi connectivity index (χ0) is 20.9. The highest BCUT2D eigenvalue weighted by atomic mass is 32.1. The van der Waals surface area contributed by atoms with Crippen molar-refractivity contribution in [2.75, 3.05) is 11.9 Å². The lowest BCUT2D eigenvalue weighted by atomic mass is 10.1. The van der Waals surface area contributed by atoms with Gasteiger partial charge in [-0.1, -0.05) is 18.2 Å². The van der Waals surface area contributed by atoms with Gasteiger partial charge in [0.1, 0.15) is 5.75 Å². The maximum absolute atomic E-state index is 12.8. The Morgan fingerprint density at radius 3 is 2.90 bits per heavy atom. The number of benzene rings is 1.